The van der Waals surface area contributed by atoms with Crippen LogP contribution in [0, 0.1) is 0 Å². The van der Waals surface area contributed by atoms with Crippen LogP contribution in [0.1, 0.15) is 30.7 Å². The Hall–Kier alpha value is -2.50. The number of hydrogen-bond acceptors (Lipinski definition) is 6. The zero-order valence-corrected chi connectivity index (χ0v) is 18.5. The van der Waals surface area contributed by atoms with Crippen molar-refractivity contribution in [2.75, 3.05) is 18.0 Å². The third kappa shape index (κ3) is 6.00. The fraction of sp³-hybridized carbons (Fsp3) is 0.421. The molecule has 1 fully saturated rings. The Labute approximate surface area is 179 Å². The molecule has 0 spiro atoms. The van der Waals surface area contributed by atoms with Gasteiger partial charge < -0.3 is 10.6 Å². The third-order valence-corrected chi connectivity index (χ3v) is 6.76. The Bertz CT molecular complexity index is 1020. The van der Waals surface area contributed by atoms with Crippen LogP contribution in [-0.4, -0.2) is 44.5 Å². The van der Waals surface area contributed by atoms with Gasteiger partial charge in [0.15, 0.2) is 5.13 Å². The molecule has 0 atom stereocenters. The molecule has 1 aliphatic rings. The van der Waals surface area contributed by atoms with Crippen molar-refractivity contribution in [1.82, 2.24) is 20.3 Å². The van der Waals surface area contributed by atoms with E-state index in [0.29, 0.717) is 29.5 Å². The number of nitrogens with one attached hydrogen (secondary N) is 3. The number of aromatic nitrogens is 1. The Balaban J connectivity index is 1.58. The summed E-state index contributed by atoms with van der Waals surface area (Å²) in [6, 6.07) is 6.76. The fourth-order valence-electron chi connectivity index (χ4n) is 3.05. The molecule has 0 saturated carbocycles. The van der Waals surface area contributed by atoms with Crippen LogP contribution in [0.15, 0.2) is 29.6 Å². The molecule has 30 heavy (non-hydrogen) atoms. The first-order chi connectivity index (χ1) is 14.2. The van der Waals surface area contributed by atoms with Crippen LogP contribution in [0.25, 0.3) is 0 Å². The summed E-state index contributed by atoms with van der Waals surface area (Å²) >= 11 is 1.32. The largest absolute Gasteiger partial charge is 0.352 e. The van der Waals surface area contributed by atoms with Gasteiger partial charge in [0, 0.05) is 31.1 Å². The summed E-state index contributed by atoms with van der Waals surface area (Å²) in [5.74, 6) is -0.374. The molecule has 0 bridgehead atoms. The lowest BCUT2D eigenvalue weighted by molar-refractivity contribution is -0.120. The molecule has 9 nitrogen and oxygen atoms in total. The van der Waals surface area contributed by atoms with E-state index in [4.69, 9.17) is 0 Å². The molecule has 0 aliphatic carbocycles. The van der Waals surface area contributed by atoms with Gasteiger partial charge in [-0.1, -0.05) is 24.3 Å². The summed E-state index contributed by atoms with van der Waals surface area (Å²) in [6.07, 6.45) is 0.0847. The van der Waals surface area contributed by atoms with E-state index in [1.165, 1.54) is 11.3 Å². The van der Waals surface area contributed by atoms with Gasteiger partial charge in [-0.3, -0.25) is 9.69 Å². The summed E-state index contributed by atoms with van der Waals surface area (Å²) in [5, 5.41) is 7.87. The van der Waals surface area contributed by atoms with E-state index in [-0.39, 0.29) is 36.7 Å². The van der Waals surface area contributed by atoms with E-state index in [1.54, 1.807) is 48.4 Å². The molecule has 3 N–H and O–H groups in total. The van der Waals surface area contributed by atoms with Gasteiger partial charge >= 0.3 is 6.03 Å². The summed E-state index contributed by atoms with van der Waals surface area (Å²) in [6.45, 7) is 4.89. The number of rotatable bonds is 9. The molecule has 2 heterocycles. The number of anilines is 1. The van der Waals surface area contributed by atoms with Crippen LogP contribution in [0.3, 0.4) is 0 Å². The Morgan fingerprint density at radius 1 is 1.30 bits per heavy atom. The van der Waals surface area contributed by atoms with Crippen LogP contribution in [0.2, 0.25) is 0 Å². The number of carbonyl (C=O) groups is 2. The molecule has 162 valence electrons. The number of carbonyl (C=O) groups excluding carboxylic acids is 2. The first kappa shape index (κ1) is 22.2. The summed E-state index contributed by atoms with van der Waals surface area (Å²) in [7, 11) is -3.46. The second-order valence-corrected chi connectivity index (χ2v) is 9.85. The quantitative estimate of drug-likeness (QED) is 0.532. The molecular weight excluding hydrogens is 426 g/mol. The average Bonchev–Trinajstić information content (AvgIpc) is 3.28. The summed E-state index contributed by atoms with van der Waals surface area (Å²) in [5.41, 5.74) is 1.97. The van der Waals surface area contributed by atoms with E-state index >= 15 is 0 Å². The van der Waals surface area contributed by atoms with Crippen LogP contribution in [0.4, 0.5) is 9.93 Å². The minimum Gasteiger partial charge on any atom is -0.352 e. The second-order valence-electron chi connectivity index (χ2n) is 7.26. The molecule has 0 unspecified atom stereocenters. The number of urea groups is 1. The van der Waals surface area contributed by atoms with Crippen molar-refractivity contribution in [2.45, 2.75) is 38.6 Å². The predicted molar refractivity (Wildman–Crippen MR) is 116 cm³/mol. The van der Waals surface area contributed by atoms with Crippen molar-refractivity contribution < 1.29 is 18.0 Å². The van der Waals surface area contributed by atoms with Crippen molar-refractivity contribution in [1.29, 1.82) is 0 Å². The summed E-state index contributed by atoms with van der Waals surface area (Å²) < 4.78 is 27.0. The van der Waals surface area contributed by atoms with E-state index in [0.717, 1.165) is 5.56 Å². The smallest absolute Gasteiger partial charge is 0.323 e. The average molecular weight is 452 g/mol. The van der Waals surface area contributed by atoms with E-state index in [2.05, 4.69) is 20.3 Å². The highest BCUT2D eigenvalue weighted by Gasteiger charge is 2.24. The maximum absolute atomic E-state index is 12.4. The van der Waals surface area contributed by atoms with Gasteiger partial charge in [0.05, 0.1) is 17.9 Å². The highest BCUT2D eigenvalue weighted by atomic mass is 32.2. The molecule has 1 aliphatic heterocycles. The van der Waals surface area contributed by atoms with Gasteiger partial charge in [0.25, 0.3) is 0 Å². The van der Waals surface area contributed by atoms with Crippen LogP contribution in [0.5, 0.6) is 0 Å². The van der Waals surface area contributed by atoms with Gasteiger partial charge in [0.1, 0.15) is 0 Å². The number of hydrogen-bond donors (Lipinski definition) is 3. The van der Waals surface area contributed by atoms with Crippen LogP contribution >= 0.6 is 11.3 Å². The lowest BCUT2D eigenvalue weighted by Crippen LogP contribution is -2.32. The maximum atomic E-state index is 12.4. The highest BCUT2D eigenvalue weighted by Crippen LogP contribution is 2.22. The lowest BCUT2D eigenvalue weighted by Gasteiger charge is -2.13. The molecule has 1 aromatic carbocycles. The molecular formula is C19H25N5O4S2. The van der Waals surface area contributed by atoms with E-state index in [1.807, 2.05) is 0 Å². The van der Waals surface area contributed by atoms with Gasteiger partial charge in [-0.2, -0.15) is 0 Å². The van der Waals surface area contributed by atoms with Crippen molar-refractivity contribution >= 4 is 38.4 Å². The Morgan fingerprint density at radius 2 is 2.03 bits per heavy atom. The van der Waals surface area contributed by atoms with Crippen molar-refractivity contribution in [3.8, 4) is 0 Å². The van der Waals surface area contributed by atoms with Crippen LogP contribution < -0.4 is 20.3 Å². The normalized spacial score (nSPS) is 14.2. The topological polar surface area (TPSA) is 121 Å². The van der Waals surface area contributed by atoms with E-state index in [9.17, 15) is 18.0 Å². The fourth-order valence-corrected chi connectivity index (χ4v) is 5.39. The minimum absolute atomic E-state index is 0.0847. The molecule has 2 aromatic rings. The SMILES string of the molecule is CC(C)NS(=O)(=O)Cc1ccccc1CNC(=O)Cc1csc(N2CCNC2=O)n1. The standard InChI is InChI=1S/C19H25N5O4S2/c1-13(2)23-30(27,28)12-15-6-4-3-5-14(15)10-21-17(25)9-16-11-29-19(22-16)24-8-7-20-18(24)26/h3-6,11,13,23H,7-10,12H2,1-2H3,(H,20,26)(H,21,25). The van der Waals surface area contributed by atoms with Gasteiger partial charge in [-0.05, 0) is 25.0 Å². The molecule has 1 aromatic heterocycles. The van der Waals surface area contributed by atoms with Crippen molar-refractivity contribution in [3.05, 3.63) is 46.5 Å². The summed E-state index contributed by atoms with van der Waals surface area (Å²) in [4.78, 5) is 30.0. The highest BCUT2D eigenvalue weighted by molar-refractivity contribution is 7.88. The number of sulfonamides is 1. The third-order valence-electron chi connectivity index (χ3n) is 4.32. The minimum atomic E-state index is -3.46. The molecule has 0 radical (unpaired) electrons. The van der Waals surface area contributed by atoms with Gasteiger partial charge in [0.2, 0.25) is 15.9 Å². The second kappa shape index (κ2) is 9.54. The first-order valence-electron chi connectivity index (χ1n) is 9.57. The van der Waals surface area contributed by atoms with Crippen molar-refractivity contribution in [3.63, 3.8) is 0 Å². The number of amides is 3. The van der Waals surface area contributed by atoms with E-state index < -0.39 is 10.0 Å². The van der Waals surface area contributed by atoms with Gasteiger partial charge in [-0.25, -0.2) is 22.9 Å². The van der Waals surface area contributed by atoms with Crippen molar-refractivity contribution in [2.24, 2.45) is 0 Å². The molecule has 1 saturated heterocycles. The monoisotopic (exact) mass is 451 g/mol. The van der Waals surface area contributed by atoms with Gasteiger partial charge in [-0.15, -0.1) is 11.3 Å². The number of nitrogens with zero attached hydrogens (tertiary/aromatic N) is 2. The molecule has 3 rings (SSSR count). The first-order valence-corrected chi connectivity index (χ1v) is 12.1. The molecule has 11 heteroatoms. The zero-order valence-electron chi connectivity index (χ0n) is 16.8. The Kier molecular flexibility index (Phi) is 7.06. The molecule has 3 amide bonds. The lowest BCUT2D eigenvalue weighted by atomic mass is 10.1. The number of benzene rings is 1. The zero-order chi connectivity index (χ0) is 21.7. The predicted octanol–water partition coefficient (Wildman–Crippen LogP) is 1.36. The maximum Gasteiger partial charge on any atom is 0.323 e. The Morgan fingerprint density at radius 3 is 2.70 bits per heavy atom. The number of thiazole rings is 1. The van der Waals surface area contributed by atoms with Crippen LogP contribution in [-0.2, 0) is 33.5 Å².